The SMILES string of the molecule is CCCC1CCN(Cc2ccc(CNC(C)C)cc2)CC1. The van der Waals surface area contributed by atoms with E-state index in [1.807, 2.05) is 0 Å². The molecular weight excluding hydrogens is 256 g/mol. The molecule has 0 saturated carbocycles. The molecule has 1 fully saturated rings. The Labute approximate surface area is 130 Å². The van der Waals surface area contributed by atoms with Crippen molar-refractivity contribution >= 4 is 0 Å². The Balaban J connectivity index is 1.76. The first-order valence-corrected chi connectivity index (χ1v) is 8.71. The number of hydrogen-bond acceptors (Lipinski definition) is 2. The van der Waals surface area contributed by atoms with Crippen LogP contribution in [0.3, 0.4) is 0 Å². The van der Waals surface area contributed by atoms with Crippen molar-refractivity contribution in [2.75, 3.05) is 13.1 Å². The Morgan fingerprint density at radius 2 is 1.71 bits per heavy atom. The second-order valence-electron chi connectivity index (χ2n) is 6.86. The zero-order valence-electron chi connectivity index (χ0n) is 14.1. The van der Waals surface area contributed by atoms with Crippen LogP contribution in [-0.2, 0) is 13.1 Å². The summed E-state index contributed by atoms with van der Waals surface area (Å²) in [6, 6.07) is 9.70. The standard InChI is InChI=1S/C19H32N2/c1-4-5-17-10-12-21(13-11-17)15-19-8-6-18(7-9-19)14-20-16(2)3/h6-9,16-17,20H,4-5,10-15H2,1-3H3. The summed E-state index contributed by atoms with van der Waals surface area (Å²) in [4.78, 5) is 2.62. The minimum Gasteiger partial charge on any atom is -0.310 e. The molecule has 0 spiro atoms. The van der Waals surface area contributed by atoms with Crippen molar-refractivity contribution in [3.05, 3.63) is 35.4 Å². The van der Waals surface area contributed by atoms with Crippen LogP contribution in [0.4, 0.5) is 0 Å². The van der Waals surface area contributed by atoms with E-state index >= 15 is 0 Å². The van der Waals surface area contributed by atoms with Crippen LogP contribution >= 0.6 is 0 Å². The van der Waals surface area contributed by atoms with Gasteiger partial charge in [-0.15, -0.1) is 0 Å². The van der Waals surface area contributed by atoms with Crippen LogP contribution in [0.2, 0.25) is 0 Å². The summed E-state index contributed by atoms with van der Waals surface area (Å²) >= 11 is 0. The van der Waals surface area contributed by atoms with Crippen LogP contribution in [0.1, 0.15) is 57.6 Å². The molecule has 0 aliphatic carbocycles. The molecule has 1 aliphatic rings. The fourth-order valence-corrected chi connectivity index (χ4v) is 3.18. The number of likely N-dealkylation sites (tertiary alicyclic amines) is 1. The molecule has 2 rings (SSSR count). The first-order chi connectivity index (χ1) is 10.2. The number of rotatable bonds is 7. The first-order valence-electron chi connectivity index (χ1n) is 8.71. The molecule has 0 bridgehead atoms. The zero-order chi connectivity index (χ0) is 15.1. The highest BCUT2D eigenvalue weighted by atomic mass is 15.1. The number of piperidine rings is 1. The number of benzene rings is 1. The van der Waals surface area contributed by atoms with Gasteiger partial charge in [-0.2, -0.15) is 0 Å². The Hall–Kier alpha value is -0.860. The lowest BCUT2D eigenvalue weighted by Crippen LogP contribution is -2.33. The minimum atomic E-state index is 0.550. The predicted molar refractivity (Wildman–Crippen MR) is 91.3 cm³/mol. The third kappa shape index (κ3) is 5.80. The van der Waals surface area contributed by atoms with E-state index in [9.17, 15) is 0 Å². The monoisotopic (exact) mass is 288 g/mol. The van der Waals surface area contributed by atoms with Crippen molar-refractivity contribution in [1.29, 1.82) is 0 Å². The number of hydrogen-bond donors (Lipinski definition) is 1. The zero-order valence-corrected chi connectivity index (χ0v) is 14.1. The van der Waals surface area contributed by atoms with Crippen molar-refractivity contribution < 1.29 is 0 Å². The maximum atomic E-state index is 3.47. The van der Waals surface area contributed by atoms with Crippen LogP contribution in [-0.4, -0.2) is 24.0 Å². The number of nitrogens with one attached hydrogen (secondary N) is 1. The van der Waals surface area contributed by atoms with Gasteiger partial charge in [-0.05, 0) is 43.0 Å². The fourth-order valence-electron chi connectivity index (χ4n) is 3.18. The predicted octanol–water partition coefficient (Wildman–Crippen LogP) is 4.20. The van der Waals surface area contributed by atoms with Gasteiger partial charge < -0.3 is 5.32 Å². The normalized spacial score (nSPS) is 17.5. The topological polar surface area (TPSA) is 15.3 Å². The maximum absolute atomic E-state index is 3.47. The Morgan fingerprint density at radius 3 is 2.29 bits per heavy atom. The van der Waals surface area contributed by atoms with Gasteiger partial charge >= 0.3 is 0 Å². The van der Waals surface area contributed by atoms with Gasteiger partial charge in [0.2, 0.25) is 0 Å². The van der Waals surface area contributed by atoms with Crippen molar-refractivity contribution in [2.24, 2.45) is 5.92 Å². The van der Waals surface area contributed by atoms with Crippen LogP contribution in [0, 0.1) is 5.92 Å². The van der Waals surface area contributed by atoms with E-state index in [0.717, 1.165) is 19.0 Å². The summed E-state index contributed by atoms with van der Waals surface area (Å²) < 4.78 is 0. The van der Waals surface area contributed by atoms with Crippen molar-refractivity contribution in [3.8, 4) is 0 Å². The minimum absolute atomic E-state index is 0.550. The summed E-state index contributed by atoms with van der Waals surface area (Å²) in [6.07, 6.45) is 5.55. The summed E-state index contributed by atoms with van der Waals surface area (Å²) in [5, 5.41) is 3.47. The molecule has 2 heteroatoms. The second kappa shape index (κ2) is 8.55. The lowest BCUT2D eigenvalue weighted by atomic mass is 9.92. The highest BCUT2D eigenvalue weighted by Crippen LogP contribution is 2.22. The van der Waals surface area contributed by atoms with Gasteiger partial charge in [0, 0.05) is 19.1 Å². The van der Waals surface area contributed by atoms with Crippen LogP contribution in [0.25, 0.3) is 0 Å². The van der Waals surface area contributed by atoms with Crippen LogP contribution in [0.5, 0.6) is 0 Å². The first kappa shape index (κ1) is 16.5. The largest absolute Gasteiger partial charge is 0.310 e. The van der Waals surface area contributed by atoms with Gasteiger partial charge in [0.25, 0.3) is 0 Å². The van der Waals surface area contributed by atoms with E-state index in [-0.39, 0.29) is 0 Å². The van der Waals surface area contributed by atoms with E-state index < -0.39 is 0 Å². The molecule has 0 aromatic heterocycles. The van der Waals surface area contributed by atoms with Gasteiger partial charge in [0.1, 0.15) is 0 Å². The van der Waals surface area contributed by atoms with Crippen molar-refractivity contribution in [2.45, 2.75) is 65.6 Å². The van der Waals surface area contributed by atoms with Crippen molar-refractivity contribution in [1.82, 2.24) is 10.2 Å². The van der Waals surface area contributed by atoms with Gasteiger partial charge in [0.05, 0.1) is 0 Å². The molecule has 1 saturated heterocycles. The highest BCUT2D eigenvalue weighted by Gasteiger charge is 2.18. The Kier molecular flexibility index (Phi) is 6.72. The lowest BCUT2D eigenvalue weighted by Gasteiger charge is -2.31. The summed E-state index contributed by atoms with van der Waals surface area (Å²) in [7, 11) is 0. The average molecular weight is 288 g/mol. The summed E-state index contributed by atoms with van der Waals surface area (Å²) in [5.41, 5.74) is 2.84. The van der Waals surface area contributed by atoms with Crippen molar-refractivity contribution in [3.63, 3.8) is 0 Å². The second-order valence-corrected chi connectivity index (χ2v) is 6.86. The number of nitrogens with zero attached hydrogens (tertiary/aromatic N) is 1. The molecular formula is C19H32N2. The van der Waals surface area contributed by atoms with E-state index in [0.29, 0.717) is 6.04 Å². The quantitative estimate of drug-likeness (QED) is 0.809. The van der Waals surface area contributed by atoms with E-state index in [1.54, 1.807) is 0 Å². The van der Waals surface area contributed by atoms with Gasteiger partial charge in [-0.1, -0.05) is 57.9 Å². The fraction of sp³-hybridized carbons (Fsp3) is 0.684. The molecule has 118 valence electrons. The molecule has 1 aliphatic heterocycles. The molecule has 0 unspecified atom stereocenters. The smallest absolute Gasteiger partial charge is 0.0233 e. The molecule has 21 heavy (non-hydrogen) atoms. The third-order valence-corrected chi connectivity index (χ3v) is 4.55. The van der Waals surface area contributed by atoms with Gasteiger partial charge in [-0.3, -0.25) is 4.90 Å². The molecule has 1 N–H and O–H groups in total. The maximum Gasteiger partial charge on any atom is 0.0233 e. The van der Waals surface area contributed by atoms with Crippen LogP contribution < -0.4 is 5.32 Å². The average Bonchev–Trinajstić information content (AvgIpc) is 2.49. The molecule has 1 heterocycles. The van der Waals surface area contributed by atoms with E-state index in [1.165, 1.54) is 49.9 Å². The third-order valence-electron chi connectivity index (χ3n) is 4.55. The molecule has 0 radical (unpaired) electrons. The molecule has 1 aromatic rings. The Morgan fingerprint density at radius 1 is 1.10 bits per heavy atom. The van der Waals surface area contributed by atoms with Crippen LogP contribution in [0.15, 0.2) is 24.3 Å². The van der Waals surface area contributed by atoms with Gasteiger partial charge in [-0.25, -0.2) is 0 Å². The molecule has 2 nitrogen and oxygen atoms in total. The molecule has 1 aromatic carbocycles. The molecule has 0 amide bonds. The molecule has 0 atom stereocenters. The van der Waals surface area contributed by atoms with Gasteiger partial charge in [0.15, 0.2) is 0 Å². The van der Waals surface area contributed by atoms with E-state index in [2.05, 4.69) is 55.3 Å². The highest BCUT2D eigenvalue weighted by molar-refractivity contribution is 5.22. The summed E-state index contributed by atoms with van der Waals surface area (Å²) in [5.74, 6) is 0.982. The lowest BCUT2D eigenvalue weighted by molar-refractivity contribution is 0.172. The van der Waals surface area contributed by atoms with E-state index in [4.69, 9.17) is 0 Å². The Bertz CT molecular complexity index is 389. The summed E-state index contributed by atoms with van der Waals surface area (Å²) in [6.45, 7) is 11.3.